The normalized spacial score (nSPS) is 19.2. The van der Waals surface area contributed by atoms with Gasteiger partial charge in [-0.05, 0) is 25.7 Å². The zero-order valence-corrected chi connectivity index (χ0v) is 9.32. The van der Waals surface area contributed by atoms with Gasteiger partial charge in [-0.3, -0.25) is 4.79 Å². The van der Waals surface area contributed by atoms with Crippen LogP contribution in [0.5, 0.6) is 0 Å². The highest BCUT2D eigenvalue weighted by Gasteiger charge is 2.43. The molecule has 0 radical (unpaired) electrons. The Balaban J connectivity index is 2.98. The number of hydrogen-bond donors (Lipinski definition) is 1. The number of rotatable bonds is 4. The van der Waals surface area contributed by atoms with E-state index in [-0.39, 0.29) is 5.91 Å². The average Bonchev–Trinajstić information content (AvgIpc) is 2.22. The predicted octanol–water partition coefficient (Wildman–Crippen LogP) is 2.43. The second kappa shape index (κ2) is 4.96. The molecule has 0 spiro atoms. The molecule has 1 N–H and O–H groups in total. The Hall–Kier alpha value is -1.58. The van der Waals surface area contributed by atoms with Gasteiger partial charge >= 0.3 is 6.09 Å². The fourth-order valence-electron chi connectivity index (χ4n) is 2.27. The Bertz CT molecular complexity index is 312. The highest BCUT2D eigenvalue weighted by atomic mass is 16.4. The minimum atomic E-state index is -1.16. The molecule has 1 aliphatic heterocycles. The van der Waals surface area contributed by atoms with Crippen molar-refractivity contribution < 1.29 is 14.7 Å². The van der Waals surface area contributed by atoms with Crippen LogP contribution in [0, 0.1) is 5.41 Å². The van der Waals surface area contributed by atoms with Gasteiger partial charge in [0.25, 0.3) is 0 Å². The van der Waals surface area contributed by atoms with Crippen molar-refractivity contribution in [2.75, 3.05) is 6.54 Å². The van der Waals surface area contributed by atoms with Crippen LogP contribution in [0.2, 0.25) is 0 Å². The molecule has 16 heavy (non-hydrogen) atoms. The van der Waals surface area contributed by atoms with Gasteiger partial charge in [-0.25, -0.2) is 9.69 Å². The molecule has 4 heteroatoms. The van der Waals surface area contributed by atoms with Gasteiger partial charge in [0.1, 0.15) is 0 Å². The molecule has 0 unspecified atom stereocenters. The fraction of sp³-hybridized carbons (Fsp3) is 0.500. The lowest BCUT2D eigenvalue weighted by atomic mass is 9.74. The third-order valence-corrected chi connectivity index (χ3v) is 3.04. The lowest BCUT2D eigenvalue weighted by Gasteiger charge is -2.38. The second-order valence-corrected chi connectivity index (χ2v) is 4.11. The van der Waals surface area contributed by atoms with Crippen LogP contribution >= 0.6 is 0 Å². The van der Waals surface area contributed by atoms with Crippen LogP contribution < -0.4 is 0 Å². The molecule has 1 saturated heterocycles. The van der Waals surface area contributed by atoms with E-state index in [1.165, 1.54) is 0 Å². The molecular formula is C12H17NO3. The number of piperidine rings is 1. The van der Waals surface area contributed by atoms with E-state index >= 15 is 0 Å². The average molecular weight is 223 g/mol. The van der Waals surface area contributed by atoms with Gasteiger partial charge in [0, 0.05) is 6.54 Å². The van der Waals surface area contributed by atoms with Crippen LogP contribution in [-0.4, -0.2) is 28.6 Å². The number of hydrogen-bond acceptors (Lipinski definition) is 2. The molecule has 2 amide bonds. The van der Waals surface area contributed by atoms with Gasteiger partial charge in [-0.15, -0.1) is 13.2 Å². The number of nitrogens with zero attached hydrogens (tertiary/aromatic N) is 1. The van der Waals surface area contributed by atoms with E-state index in [0.29, 0.717) is 32.2 Å². The minimum absolute atomic E-state index is 0.296. The second-order valence-electron chi connectivity index (χ2n) is 4.11. The highest BCUT2D eigenvalue weighted by Crippen LogP contribution is 2.38. The van der Waals surface area contributed by atoms with Crippen molar-refractivity contribution in [3.63, 3.8) is 0 Å². The molecule has 1 heterocycles. The molecular weight excluding hydrogens is 206 g/mol. The van der Waals surface area contributed by atoms with Gasteiger partial charge in [0.15, 0.2) is 0 Å². The smallest absolute Gasteiger partial charge is 0.414 e. The first-order valence-corrected chi connectivity index (χ1v) is 5.34. The SMILES string of the molecule is C=CCC1(CC=C)CCCN(C(=O)O)C1=O. The van der Waals surface area contributed by atoms with Crippen LogP contribution in [0.25, 0.3) is 0 Å². The number of allylic oxidation sites excluding steroid dienone is 2. The molecule has 1 fully saturated rings. The summed E-state index contributed by atoms with van der Waals surface area (Å²) in [5.74, 6) is -0.314. The maximum Gasteiger partial charge on any atom is 0.414 e. The van der Waals surface area contributed by atoms with Gasteiger partial charge in [0.05, 0.1) is 5.41 Å². The number of amides is 2. The van der Waals surface area contributed by atoms with Gasteiger partial charge in [0.2, 0.25) is 5.91 Å². The summed E-state index contributed by atoms with van der Waals surface area (Å²) < 4.78 is 0. The van der Waals surface area contributed by atoms with Crippen LogP contribution in [0.1, 0.15) is 25.7 Å². The molecule has 1 aliphatic rings. The molecule has 4 nitrogen and oxygen atoms in total. The first-order valence-electron chi connectivity index (χ1n) is 5.34. The Morgan fingerprint density at radius 1 is 1.44 bits per heavy atom. The van der Waals surface area contributed by atoms with Gasteiger partial charge in [-0.1, -0.05) is 12.2 Å². The molecule has 0 atom stereocenters. The summed E-state index contributed by atoms with van der Waals surface area (Å²) in [4.78, 5) is 23.9. The first kappa shape index (κ1) is 12.5. The van der Waals surface area contributed by atoms with Crippen LogP contribution in [0.15, 0.2) is 25.3 Å². The van der Waals surface area contributed by atoms with Crippen LogP contribution in [-0.2, 0) is 4.79 Å². The molecule has 1 rings (SSSR count). The lowest BCUT2D eigenvalue weighted by Crippen LogP contribution is -2.50. The maximum absolute atomic E-state index is 12.1. The maximum atomic E-state index is 12.1. The summed E-state index contributed by atoms with van der Waals surface area (Å²) in [5.41, 5.74) is -0.639. The van der Waals surface area contributed by atoms with Crippen molar-refractivity contribution in [1.29, 1.82) is 0 Å². The first-order chi connectivity index (χ1) is 7.57. The summed E-state index contributed by atoms with van der Waals surface area (Å²) in [6, 6.07) is 0. The monoisotopic (exact) mass is 223 g/mol. The minimum Gasteiger partial charge on any atom is -0.465 e. The number of likely N-dealkylation sites (tertiary alicyclic amines) is 1. The summed E-state index contributed by atoms with van der Waals surface area (Å²) >= 11 is 0. The Morgan fingerprint density at radius 2 is 2.00 bits per heavy atom. The standard InChI is InChI=1S/C12H17NO3/c1-3-6-12(7-4-2)8-5-9-13(10(12)14)11(15)16/h3-4H,1-2,5-9H2,(H,15,16). The van der Waals surface area contributed by atoms with Crippen LogP contribution in [0.3, 0.4) is 0 Å². The third-order valence-electron chi connectivity index (χ3n) is 3.04. The van der Waals surface area contributed by atoms with Gasteiger partial charge in [-0.2, -0.15) is 0 Å². The Morgan fingerprint density at radius 3 is 2.44 bits per heavy atom. The topological polar surface area (TPSA) is 57.6 Å². The summed E-state index contributed by atoms with van der Waals surface area (Å²) in [6.07, 6.45) is 4.60. The molecule has 88 valence electrons. The molecule has 0 aromatic heterocycles. The highest BCUT2D eigenvalue weighted by molar-refractivity contribution is 5.95. The van der Waals surface area contributed by atoms with Crippen molar-refractivity contribution >= 4 is 12.0 Å². The Labute approximate surface area is 95.2 Å². The van der Waals surface area contributed by atoms with Crippen molar-refractivity contribution in [3.8, 4) is 0 Å². The molecule has 0 aromatic carbocycles. The number of carboxylic acid groups (broad SMARTS) is 1. The van der Waals surface area contributed by atoms with E-state index in [4.69, 9.17) is 5.11 Å². The molecule has 0 aliphatic carbocycles. The third kappa shape index (κ3) is 2.15. The number of imide groups is 1. The molecule has 0 saturated carbocycles. The van der Waals surface area contributed by atoms with E-state index in [9.17, 15) is 9.59 Å². The number of carbonyl (C=O) groups is 2. The molecule has 0 bridgehead atoms. The van der Waals surface area contributed by atoms with Crippen molar-refractivity contribution in [2.24, 2.45) is 5.41 Å². The Kier molecular flexibility index (Phi) is 3.88. The molecule has 0 aromatic rings. The van der Waals surface area contributed by atoms with Gasteiger partial charge < -0.3 is 5.11 Å². The van der Waals surface area contributed by atoms with Crippen molar-refractivity contribution in [1.82, 2.24) is 4.90 Å². The van der Waals surface area contributed by atoms with E-state index in [2.05, 4.69) is 13.2 Å². The lowest BCUT2D eigenvalue weighted by molar-refractivity contribution is -0.143. The van der Waals surface area contributed by atoms with Crippen LogP contribution in [0.4, 0.5) is 4.79 Å². The predicted molar refractivity (Wildman–Crippen MR) is 61.0 cm³/mol. The summed E-state index contributed by atoms with van der Waals surface area (Å²) in [6.45, 7) is 7.56. The number of carbonyl (C=O) groups excluding carboxylic acids is 1. The zero-order valence-electron chi connectivity index (χ0n) is 9.32. The van der Waals surface area contributed by atoms with Crippen molar-refractivity contribution in [3.05, 3.63) is 25.3 Å². The fourth-order valence-corrected chi connectivity index (χ4v) is 2.27. The van der Waals surface area contributed by atoms with Crippen molar-refractivity contribution in [2.45, 2.75) is 25.7 Å². The largest absolute Gasteiger partial charge is 0.465 e. The quantitative estimate of drug-likeness (QED) is 0.744. The van der Waals surface area contributed by atoms with E-state index < -0.39 is 11.5 Å². The van der Waals surface area contributed by atoms with E-state index in [1.807, 2.05) is 0 Å². The zero-order chi connectivity index (χ0) is 12.2. The summed E-state index contributed by atoms with van der Waals surface area (Å²) in [5, 5.41) is 8.93. The summed E-state index contributed by atoms with van der Waals surface area (Å²) in [7, 11) is 0. The van der Waals surface area contributed by atoms with E-state index in [1.54, 1.807) is 12.2 Å². The van der Waals surface area contributed by atoms with E-state index in [0.717, 1.165) is 4.90 Å².